The Morgan fingerprint density at radius 1 is 1.06 bits per heavy atom. The summed E-state index contributed by atoms with van der Waals surface area (Å²) in [5.74, 6) is 0.936. The first-order valence-electron chi connectivity index (χ1n) is 11.9. The van der Waals surface area contributed by atoms with Crippen molar-refractivity contribution in [3.8, 4) is 0 Å². The zero-order valence-corrected chi connectivity index (χ0v) is 21.5. The molecule has 0 unspecified atom stereocenters. The number of nitrogens with zero attached hydrogens (tertiary/aromatic N) is 4. The van der Waals surface area contributed by atoms with Gasteiger partial charge in [-0.1, -0.05) is 60.1 Å². The summed E-state index contributed by atoms with van der Waals surface area (Å²) in [6.45, 7) is 8.76. The number of hydrogen-bond donors (Lipinski definition) is 1. The zero-order valence-electron chi connectivity index (χ0n) is 19.9. The minimum absolute atomic E-state index is 0.0415. The van der Waals surface area contributed by atoms with Crippen LogP contribution in [0.25, 0.3) is 0 Å². The average molecular weight is 522 g/mol. The average Bonchev–Trinajstić information content (AvgIpc) is 2.88. The van der Waals surface area contributed by atoms with Crippen LogP contribution in [0.2, 0.25) is 0 Å². The third-order valence-electron chi connectivity index (χ3n) is 6.05. The van der Waals surface area contributed by atoms with E-state index in [0.29, 0.717) is 18.7 Å². The normalized spacial score (nSPS) is 15.4. The van der Waals surface area contributed by atoms with E-state index >= 15 is 0 Å². The Morgan fingerprint density at radius 2 is 1.82 bits per heavy atom. The van der Waals surface area contributed by atoms with Gasteiger partial charge >= 0.3 is 0 Å². The molecule has 34 heavy (non-hydrogen) atoms. The predicted molar refractivity (Wildman–Crippen MR) is 140 cm³/mol. The number of aromatic nitrogens is 2. The van der Waals surface area contributed by atoms with Crippen molar-refractivity contribution in [2.45, 2.75) is 39.3 Å². The van der Waals surface area contributed by atoms with Crippen LogP contribution in [0.1, 0.15) is 53.5 Å². The number of benzene rings is 2. The summed E-state index contributed by atoms with van der Waals surface area (Å²) in [4.78, 5) is 26.8. The number of carbonyl (C=O) groups excluding carboxylic acids is 1. The molecular weight excluding hydrogens is 490 g/mol. The Balaban J connectivity index is 1.59. The predicted octanol–water partition coefficient (Wildman–Crippen LogP) is 5.32. The topological polar surface area (TPSA) is 61.4 Å². The first-order chi connectivity index (χ1) is 16.5. The number of rotatable bonds is 4. The molecule has 1 N–H and O–H groups in total. The van der Waals surface area contributed by atoms with E-state index < -0.39 is 0 Å². The number of fused-ring (bicyclic) bond motifs is 1. The van der Waals surface area contributed by atoms with Gasteiger partial charge in [0.15, 0.2) is 0 Å². The molecule has 178 valence electrons. The number of halogens is 1. The molecule has 1 aliphatic rings. The lowest BCUT2D eigenvalue weighted by Crippen LogP contribution is -2.38. The molecule has 0 bridgehead atoms. The third-order valence-corrected chi connectivity index (χ3v) is 6.55. The largest absolute Gasteiger partial charge is 0.385 e. The molecule has 2 aromatic carbocycles. The van der Waals surface area contributed by atoms with Crippen molar-refractivity contribution in [1.29, 1.82) is 0 Å². The molecule has 0 fully saturated rings. The van der Waals surface area contributed by atoms with Gasteiger partial charge in [0, 0.05) is 67.7 Å². The molecule has 7 heteroatoms. The molecule has 0 saturated heterocycles. The Kier molecular flexibility index (Phi) is 8.29. The van der Waals surface area contributed by atoms with E-state index in [1.807, 2.05) is 30.9 Å². The molecule has 0 aliphatic carbocycles. The van der Waals surface area contributed by atoms with Gasteiger partial charge in [0.1, 0.15) is 5.82 Å². The molecule has 4 rings (SSSR count). The Bertz CT molecular complexity index is 1090. The number of anilines is 1. The van der Waals surface area contributed by atoms with E-state index in [9.17, 15) is 4.79 Å². The van der Waals surface area contributed by atoms with Crippen LogP contribution >= 0.6 is 15.9 Å². The second-order valence-corrected chi connectivity index (χ2v) is 9.97. The van der Waals surface area contributed by atoms with E-state index in [1.54, 1.807) is 12.4 Å². The van der Waals surface area contributed by atoms with Crippen molar-refractivity contribution in [1.82, 2.24) is 19.8 Å². The maximum Gasteiger partial charge on any atom is 0.257 e. The van der Waals surface area contributed by atoms with Crippen molar-refractivity contribution in [3.63, 3.8) is 0 Å². The first-order valence-corrected chi connectivity index (χ1v) is 12.7. The van der Waals surface area contributed by atoms with Crippen molar-refractivity contribution in [3.05, 3.63) is 87.9 Å². The summed E-state index contributed by atoms with van der Waals surface area (Å²) in [6, 6.07) is 16.7. The molecule has 0 saturated carbocycles. The van der Waals surface area contributed by atoms with Crippen LogP contribution in [0.3, 0.4) is 0 Å². The van der Waals surface area contributed by atoms with E-state index in [1.165, 1.54) is 5.56 Å². The third kappa shape index (κ3) is 6.42. The molecule has 0 atom stereocenters. The molecule has 1 aliphatic heterocycles. The first kappa shape index (κ1) is 24.4. The minimum atomic E-state index is -0.0415. The van der Waals surface area contributed by atoms with Gasteiger partial charge in [-0.15, -0.1) is 0 Å². The summed E-state index contributed by atoms with van der Waals surface area (Å²) in [5, 5.41) is 3.58. The van der Waals surface area contributed by atoms with E-state index in [0.717, 1.165) is 54.1 Å². The number of hydrogen-bond acceptors (Lipinski definition) is 5. The van der Waals surface area contributed by atoms with Gasteiger partial charge in [0.05, 0.1) is 5.56 Å². The van der Waals surface area contributed by atoms with E-state index in [2.05, 4.69) is 72.5 Å². The lowest BCUT2D eigenvalue weighted by atomic mass is 10.1. The van der Waals surface area contributed by atoms with E-state index in [-0.39, 0.29) is 11.8 Å². The number of carbonyl (C=O) groups is 1. The standard InChI is InChI=1S/C27H32BrN5O/c1-20(2)26-30-16-23(17-31-26)27(34)33-14-13-32(18-21-7-4-3-5-8-21)12-6-11-29-25-10-9-24(28)15-22(25)19-33/h3-5,7-10,15-17,20,29H,6,11-14,18-19H2,1-2H3. The summed E-state index contributed by atoms with van der Waals surface area (Å²) < 4.78 is 1.01. The molecule has 0 radical (unpaired) electrons. The van der Waals surface area contributed by atoms with Gasteiger partial charge in [-0.05, 0) is 35.7 Å². The summed E-state index contributed by atoms with van der Waals surface area (Å²) in [6.07, 6.45) is 4.36. The summed E-state index contributed by atoms with van der Waals surface area (Å²) in [5.41, 5.74) is 3.98. The lowest BCUT2D eigenvalue weighted by Gasteiger charge is -2.28. The second-order valence-electron chi connectivity index (χ2n) is 9.05. The van der Waals surface area contributed by atoms with Gasteiger partial charge in [-0.3, -0.25) is 9.69 Å². The van der Waals surface area contributed by atoms with Gasteiger partial charge in [-0.2, -0.15) is 0 Å². The summed E-state index contributed by atoms with van der Waals surface area (Å²) in [7, 11) is 0. The quantitative estimate of drug-likeness (QED) is 0.503. The van der Waals surface area contributed by atoms with Crippen LogP contribution in [-0.4, -0.2) is 51.9 Å². The van der Waals surface area contributed by atoms with Gasteiger partial charge < -0.3 is 10.2 Å². The zero-order chi connectivity index (χ0) is 23.9. The fraction of sp³-hybridized carbons (Fsp3) is 0.370. The smallest absolute Gasteiger partial charge is 0.257 e. The van der Waals surface area contributed by atoms with Crippen molar-refractivity contribution in [2.24, 2.45) is 0 Å². The highest BCUT2D eigenvalue weighted by Crippen LogP contribution is 2.24. The fourth-order valence-corrected chi connectivity index (χ4v) is 4.56. The molecule has 6 nitrogen and oxygen atoms in total. The van der Waals surface area contributed by atoms with Crippen molar-refractivity contribution >= 4 is 27.5 Å². The highest BCUT2D eigenvalue weighted by molar-refractivity contribution is 9.10. The van der Waals surface area contributed by atoms with Crippen LogP contribution in [0.4, 0.5) is 5.69 Å². The number of nitrogens with one attached hydrogen (secondary N) is 1. The monoisotopic (exact) mass is 521 g/mol. The molecule has 2 heterocycles. The summed E-state index contributed by atoms with van der Waals surface area (Å²) >= 11 is 3.60. The highest BCUT2D eigenvalue weighted by Gasteiger charge is 2.21. The van der Waals surface area contributed by atoms with Gasteiger partial charge in [0.25, 0.3) is 5.91 Å². The van der Waals surface area contributed by atoms with Gasteiger partial charge in [0.2, 0.25) is 0 Å². The van der Waals surface area contributed by atoms with Crippen LogP contribution in [0.5, 0.6) is 0 Å². The fourth-order valence-electron chi connectivity index (χ4n) is 4.15. The Hall–Kier alpha value is -2.77. The molecule has 3 aromatic rings. The highest BCUT2D eigenvalue weighted by atomic mass is 79.9. The maximum absolute atomic E-state index is 13.6. The van der Waals surface area contributed by atoms with E-state index in [4.69, 9.17) is 0 Å². The van der Waals surface area contributed by atoms with Crippen LogP contribution < -0.4 is 5.32 Å². The van der Waals surface area contributed by atoms with Crippen LogP contribution in [0, 0.1) is 0 Å². The SMILES string of the molecule is CC(C)c1ncc(C(=O)N2CCN(Cc3ccccc3)CCCNc3ccc(Br)cc3C2)cn1. The van der Waals surface area contributed by atoms with Crippen molar-refractivity contribution < 1.29 is 4.79 Å². The Morgan fingerprint density at radius 3 is 2.56 bits per heavy atom. The second kappa shape index (κ2) is 11.6. The van der Waals surface area contributed by atoms with Crippen LogP contribution in [0.15, 0.2) is 65.4 Å². The van der Waals surface area contributed by atoms with Crippen molar-refractivity contribution in [2.75, 3.05) is 31.5 Å². The van der Waals surface area contributed by atoms with Crippen LogP contribution in [-0.2, 0) is 13.1 Å². The molecular formula is C27H32BrN5O. The molecule has 1 aromatic heterocycles. The minimum Gasteiger partial charge on any atom is -0.385 e. The molecule has 0 spiro atoms. The number of amides is 1. The van der Waals surface area contributed by atoms with Gasteiger partial charge in [-0.25, -0.2) is 9.97 Å². The molecule has 1 amide bonds. The Labute approximate surface area is 210 Å². The maximum atomic E-state index is 13.6. The lowest BCUT2D eigenvalue weighted by molar-refractivity contribution is 0.0719.